The summed E-state index contributed by atoms with van der Waals surface area (Å²) in [5.74, 6) is -0.906. The quantitative estimate of drug-likeness (QED) is 0.527. The van der Waals surface area contributed by atoms with Gasteiger partial charge in [-0.3, -0.25) is 25.1 Å². The molecule has 3 aromatic rings. The van der Waals surface area contributed by atoms with Crippen LogP contribution in [0.3, 0.4) is 0 Å². The number of aromatic nitrogens is 2. The van der Waals surface area contributed by atoms with Gasteiger partial charge < -0.3 is 0 Å². The van der Waals surface area contributed by atoms with E-state index in [1.807, 2.05) is 36.5 Å². The fourth-order valence-electron chi connectivity index (χ4n) is 2.36. The molecule has 7 heteroatoms. The number of benzene rings is 2. The molecule has 2 amide bonds. The van der Waals surface area contributed by atoms with Crippen molar-refractivity contribution in [1.82, 2.24) is 20.6 Å². The normalized spacial score (nSPS) is 10.7. The summed E-state index contributed by atoms with van der Waals surface area (Å²) >= 11 is 5.84. The number of halogens is 1. The van der Waals surface area contributed by atoms with Gasteiger partial charge in [0.05, 0.1) is 12.7 Å². The van der Waals surface area contributed by atoms with Crippen LogP contribution in [0.15, 0.2) is 73.1 Å². The molecule has 27 heavy (non-hydrogen) atoms. The maximum absolute atomic E-state index is 11.9. The van der Waals surface area contributed by atoms with Gasteiger partial charge in [-0.1, -0.05) is 48.0 Å². The van der Waals surface area contributed by atoms with Crippen LogP contribution in [-0.4, -0.2) is 21.6 Å². The smallest absolute Gasteiger partial charge is 0.268 e. The van der Waals surface area contributed by atoms with Gasteiger partial charge in [-0.25, -0.2) is 0 Å². The number of nitrogens with zero attached hydrogens (tertiary/aromatic N) is 2. The molecule has 0 fully saturated rings. The summed E-state index contributed by atoms with van der Waals surface area (Å²) in [7, 11) is 0. The summed E-state index contributed by atoms with van der Waals surface area (Å²) in [6.45, 7) is 0.649. The lowest BCUT2D eigenvalue weighted by atomic mass is 10.2. The van der Waals surface area contributed by atoms with E-state index in [4.69, 9.17) is 11.6 Å². The molecule has 1 aromatic heterocycles. The second kappa shape index (κ2) is 8.82. The predicted octanol–water partition coefficient (Wildman–Crippen LogP) is 3.06. The Balaban J connectivity index is 1.50. The van der Waals surface area contributed by atoms with Gasteiger partial charge in [0.1, 0.15) is 0 Å². The van der Waals surface area contributed by atoms with Crippen LogP contribution in [-0.2, 0) is 11.3 Å². The first-order valence-corrected chi connectivity index (χ1v) is 8.58. The number of hydrazine groups is 1. The van der Waals surface area contributed by atoms with Crippen LogP contribution in [0.5, 0.6) is 0 Å². The van der Waals surface area contributed by atoms with E-state index in [0.29, 0.717) is 17.1 Å². The van der Waals surface area contributed by atoms with Crippen LogP contribution in [0.4, 0.5) is 0 Å². The van der Waals surface area contributed by atoms with Crippen LogP contribution >= 0.6 is 11.6 Å². The fraction of sp³-hybridized carbons (Fsp3) is 0.0500. The molecule has 3 rings (SSSR count). The number of hydrogen-bond donors (Lipinski definition) is 2. The van der Waals surface area contributed by atoms with Crippen LogP contribution in [0, 0.1) is 0 Å². The molecule has 0 atom stereocenters. The van der Waals surface area contributed by atoms with Gasteiger partial charge in [0.25, 0.3) is 11.8 Å². The van der Waals surface area contributed by atoms with E-state index < -0.39 is 11.8 Å². The largest absolute Gasteiger partial charge is 0.269 e. The van der Waals surface area contributed by atoms with Gasteiger partial charge in [0.2, 0.25) is 0 Å². The summed E-state index contributed by atoms with van der Waals surface area (Å²) in [5.41, 5.74) is 6.92. The number of carbonyl (C=O) groups excluding carboxylic acids is 2. The highest BCUT2D eigenvalue weighted by Crippen LogP contribution is 2.10. The van der Waals surface area contributed by atoms with Crippen molar-refractivity contribution >= 4 is 29.5 Å². The zero-order chi connectivity index (χ0) is 19.1. The highest BCUT2D eigenvalue weighted by molar-refractivity contribution is 6.30. The summed E-state index contributed by atoms with van der Waals surface area (Å²) in [6.07, 6.45) is 6.44. The molecule has 0 saturated heterocycles. The van der Waals surface area contributed by atoms with Gasteiger partial charge in [-0.15, -0.1) is 0 Å². The summed E-state index contributed by atoms with van der Waals surface area (Å²) in [5, 5.41) is 4.71. The van der Waals surface area contributed by atoms with Crippen molar-refractivity contribution in [1.29, 1.82) is 0 Å². The zero-order valence-corrected chi connectivity index (χ0v) is 15.1. The number of rotatable bonds is 5. The Kier molecular flexibility index (Phi) is 6.02. The summed E-state index contributed by atoms with van der Waals surface area (Å²) in [6, 6.07) is 16.4. The first-order valence-electron chi connectivity index (χ1n) is 8.20. The Morgan fingerprint density at radius 3 is 2.67 bits per heavy atom. The van der Waals surface area contributed by atoms with Crippen molar-refractivity contribution in [2.75, 3.05) is 0 Å². The molecule has 6 nitrogen and oxygen atoms in total. The number of carbonyl (C=O) groups is 2. The molecule has 0 unspecified atom stereocenters. The fourth-order valence-corrected chi connectivity index (χ4v) is 2.55. The molecule has 0 spiro atoms. The minimum atomic E-state index is -0.457. The van der Waals surface area contributed by atoms with Crippen LogP contribution in [0.25, 0.3) is 6.08 Å². The van der Waals surface area contributed by atoms with E-state index in [-0.39, 0.29) is 0 Å². The molecule has 0 bridgehead atoms. The van der Waals surface area contributed by atoms with Gasteiger partial charge >= 0.3 is 0 Å². The molecular weight excluding hydrogens is 364 g/mol. The van der Waals surface area contributed by atoms with Crippen LogP contribution < -0.4 is 10.9 Å². The van der Waals surface area contributed by atoms with Crippen molar-refractivity contribution in [3.05, 3.63) is 94.8 Å². The lowest BCUT2D eigenvalue weighted by molar-refractivity contribution is -0.117. The molecule has 0 radical (unpaired) electrons. The van der Waals surface area contributed by atoms with E-state index in [9.17, 15) is 9.59 Å². The monoisotopic (exact) mass is 380 g/mol. The molecule has 0 aliphatic carbocycles. The highest BCUT2D eigenvalue weighted by Gasteiger charge is 2.06. The number of nitrogens with one attached hydrogen (secondary N) is 2. The van der Waals surface area contributed by atoms with Crippen molar-refractivity contribution < 1.29 is 9.59 Å². The van der Waals surface area contributed by atoms with E-state index in [0.717, 1.165) is 11.1 Å². The Morgan fingerprint density at radius 2 is 1.89 bits per heavy atom. The molecule has 0 aliphatic rings. The Bertz CT molecular complexity index is 967. The highest BCUT2D eigenvalue weighted by atomic mass is 35.5. The number of amides is 2. The lowest BCUT2D eigenvalue weighted by Gasteiger charge is -2.05. The molecule has 136 valence electrons. The van der Waals surface area contributed by atoms with Gasteiger partial charge in [0, 0.05) is 28.4 Å². The Hall–Kier alpha value is -3.38. The first kappa shape index (κ1) is 18.4. The SMILES string of the molecule is O=C(/C=C/c1cnn(Cc2ccccc2)c1)NNC(=O)c1cccc(Cl)c1. The second-order valence-corrected chi connectivity index (χ2v) is 6.18. The minimum absolute atomic E-state index is 0.356. The summed E-state index contributed by atoms with van der Waals surface area (Å²) in [4.78, 5) is 23.8. The zero-order valence-electron chi connectivity index (χ0n) is 14.3. The molecule has 2 N–H and O–H groups in total. The van der Waals surface area contributed by atoms with Gasteiger partial charge in [-0.2, -0.15) is 5.10 Å². The third-order valence-corrected chi connectivity index (χ3v) is 3.89. The van der Waals surface area contributed by atoms with Crippen LogP contribution in [0.2, 0.25) is 5.02 Å². The Labute approximate surface area is 161 Å². The van der Waals surface area contributed by atoms with Crippen LogP contribution in [0.1, 0.15) is 21.5 Å². The topological polar surface area (TPSA) is 76.0 Å². The maximum atomic E-state index is 11.9. The number of hydrogen-bond acceptors (Lipinski definition) is 3. The molecule has 2 aromatic carbocycles. The predicted molar refractivity (Wildman–Crippen MR) is 104 cm³/mol. The standard InChI is InChI=1S/C20H17ClN4O2/c21-18-8-4-7-17(11-18)20(27)24-23-19(26)10-9-16-12-22-25(14-16)13-15-5-2-1-3-6-15/h1-12,14H,13H2,(H,23,26)(H,24,27)/b10-9+. The molecule has 1 heterocycles. The van der Waals surface area contributed by atoms with E-state index in [1.165, 1.54) is 12.1 Å². The molecule has 0 saturated carbocycles. The molecular formula is C20H17ClN4O2. The third-order valence-electron chi connectivity index (χ3n) is 3.65. The maximum Gasteiger partial charge on any atom is 0.269 e. The Morgan fingerprint density at radius 1 is 1.07 bits per heavy atom. The van der Waals surface area contributed by atoms with Gasteiger partial charge in [-0.05, 0) is 29.8 Å². The average molecular weight is 381 g/mol. The van der Waals surface area contributed by atoms with Crippen molar-refractivity contribution in [2.24, 2.45) is 0 Å². The first-order chi connectivity index (χ1) is 13.1. The minimum Gasteiger partial charge on any atom is -0.268 e. The van der Waals surface area contributed by atoms with Crippen molar-refractivity contribution in [3.63, 3.8) is 0 Å². The second-order valence-electron chi connectivity index (χ2n) is 5.74. The van der Waals surface area contributed by atoms with Gasteiger partial charge in [0.15, 0.2) is 0 Å². The van der Waals surface area contributed by atoms with Crippen molar-refractivity contribution in [2.45, 2.75) is 6.54 Å². The van der Waals surface area contributed by atoms with E-state index in [1.54, 1.807) is 35.2 Å². The molecule has 0 aliphatic heterocycles. The third kappa shape index (κ3) is 5.55. The van der Waals surface area contributed by atoms with E-state index >= 15 is 0 Å². The summed E-state index contributed by atoms with van der Waals surface area (Å²) < 4.78 is 1.79. The average Bonchev–Trinajstić information content (AvgIpc) is 3.12. The lowest BCUT2D eigenvalue weighted by Crippen LogP contribution is -2.40. The van der Waals surface area contributed by atoms with Crippen molar-refractivity contribution in [3.8, 4) is 0 Å². The van der Waals surface area contributed by atoms with E-state index in [2.05, 4.69) is 16.0 Å².